The predicted molar refractivity (Wildman–Crippen MR) is 48.6 cm³/mol. The first kappa shape index (κ1) is 9.52. The molecule has 0 saturated carbocycles. The Morgan fingerprint density at radius 1 is 1.75 bits per heavy atom. The number of nitrogens with two attached hydrogens (primary N) is 1. The summed E-state index contributed by atoms with van der Waals surface area (Å²) in [5.74, 6) is 1.01. The highest BCUT2D eigenvalue weighted by atomic mass is 16.1. The van der Waals surface area contributed by atoms with Gasteiger partial charge < -0.3 is 11.1 Å². The smallest absolute Gasteiger partial charge is 0.217 e. The van der Waals surface area contributed by atoms with E-state index >= 15 is 0 Å². The van der Waals surface area contributed by atoms with Gasteiger partial charge in [-0.2, -0.15) is 0 Å². The van der Waals surface area contributed by atoms with Crippen LogP contribution < -0.4 is 11.1 Å². The van der Waals surface area contributed by atoms with Crippen molar-refractivity contribution in [2.75, 3.05) is 13.1 Å². The van der Waals surface area contributed by atoms with Gasteiger partial charge in [0.25, 0.3) is 0 Å². The van der Waals surface area contributed by atoms with E-state index in [-0.39, 0.29) is 5.91 Å². The van der Waals surface area contributed by atoms with Crippen LogP contribution in [0.4, 0.5) is 0 Å². The molecule has 0 aromatic carbocycles. The molecule has 1 amide bonds. The summed E-state index contributed by atoms with van der Waals surface area (Å²) in [5.41, 5.74) is 5.18. The summed E-state index contributed by atoms with van der Waals surface area (Å²) >= 11 is 0. The van der Waals surface area contributed by atoms with E-state index in [0.717, 1.165) is 19.5 Å². The molecule has 0 spiro atoms. The zero-order valence-corrected chi connectivity index (χ0v) is 7.68. The minimum atomic E-state index is -0.159. The largest absolute Gasteiger partial charge is 0.370 e. The minimum Gasteiger partial charge on any atom is -0.370 e. The average Bonchev–Trinajstić information content (AvgIpc) is 2.51. The molecule has 0 aromatic rings. The van der Waals surface area contributed by atoms with E-state index in [9.17, 15) is 4.79 Å². The number of carbonyl (C=O) groups is 1. The van der Waals surface area contributed by atoms with E-state index in [2.05, 4.69) is 12.2 Å². The molecule has 0 aromatic heterocycles. The molecule has 1 fully saturated rings. The highest BCUT2D eigenvalue weighted by Crippen LogP contribution is 2.24. The number of hydrogen-bond acceptors (Lipinski definition) is 2. The number of amides is 1. The summed E-state index contributed by atoms with van der Waals surface area (Å²) in [7, 11) is 0. The van der Waals surface area contributed by atoms with Crippen LogP contribution >= 0.6 is 0 Å². The van der Waals surface area contributed by atoms with E-state index in [0.29, 0.717) is 18.3 Å². The molecule has 2 atom stereocenters. The third-order valence-corrected chi connectivity index (χ3v) is 2.75. The Balaban J connectivity index is 2.37. The van der Waals surface area contributed by atoms with Crippen molar-refractivity contribution in [3.8, 4) is 0 Å². The van der Waals surface area contributed by atoms with Gasteiger partial charge in [0.1, 0.15) is 0 Å². The second-order valence-corrected chi connectivity index (χ2v) is 3.59. The van der Waals surface area contributed by atoms with Crippen molar-refractivity contribution in [1.29, 1.82) is 0 Å². The normalized spacial score (nSPS) is 25.6. The lowest BCUT2D eigenvalue weighted by atomic mass is 9.86. The van der Waals surface area contributed by atoms with Crippen LogP contribution in [0.5, 0.6) is 0 Å². The van der Waals surface area contributed by atoms with Gasteiger partial charge >= 0.3 is 0 Å². The minimum absolute atomic E-state index is 0.159. The molecule has 70 valence electrons. The fourth-order valence-electron chi connectivity index (χ4n) is 1.98. The lowest BCUT2D eigenvalue weighted by Crippen LogP contribution is -2.23. The first-order valence-corrected chi connectivity index (χ1v) is 4.73. The van der Waals surface area contributed by atoms with Gasteiger partial charge in [-0.15, -0.1) is 0 Å². The summed E-state index contributed by atoms with van der Waals surface area (Å²) < 4.78 is 0. The molecule has 3 nitrogen and oxygen atoms in total. The lowest BCUT2D eigenvalue weighted by Gasteiger charge is -2.19. The fourth-order valence-corrected chi connectivity index (χ4v) is 1.98. The molecule has 3 heteroatoms. The van der Waals surface area contributed by atoms with Crippen molar-refractivity contribution in [3.63, 3.8) is 0 Å². The molecule has 0 radical (unpaired) electrons. The number of nitrogens with one attached hydrogen (secondary N) is 1. The molecule has 1 saturated heterocycles. The van der Waals surface area contributed by atoms with Crippen LogP contribution in [0.25, 0.3) is 0 Å². The zero-order valence-electron chi connectivity index (χ0n) is 7.68. The Kier molecular flexibility index (Phi) is 3.53. The molecular formula is C9H18N2O. The third kappa shape index (κ3) is 2.48. The maximum Gasteiger partial charge on any atom is 0.217 e. The standard InChI is InChI=1S/C9H18N2O/c1-2-7(5-9(10)12)8-3-4-11-6-8/h7-8,11H,2-6H2,1H3,(H2,10,12). The molecule has 0 bridgehead atoms. The molecular weight excluding hydrogens is 152 g/mol. The monoisotopic (exact) mass is 170 g/mol. The van der Waals surface area contributed by atoms with E-state index < -0.39 is 0 Å². The number of carbonyl (C=O) groups excluding carboxylic acids is 1. The summed E-state index contributed by atoms with van der Waals surface area (Å²) in [6.45, 7) is 4.29. The maximum atomic E-state index is 10.7. The van der Waals surface area contributed by atoms with Crippen molar-refractivity contribution in [3.05, 3.63) is 0 Å². The van der Waals surface area contributed by atoms with Crippen molar-refractivity contribution in [2.24, 2.45) is 17.6 Å². The van der Waals surface area contributed by atoms with Crippen LogP contribution in [-0.2, 0) is 4.79 Å². The number of hydrogen-bond donors (Lipinski definition) is 2. The molecule has 0 aliphatic carbocycles. The van der Waals surface area contributed by atoms with Crippen molar-refractivity contribution in [2.45, 2.75) is 26.2 Å². The Hall–Kier alpha value is -0.570. The Bertz CT molecular complexity index is 153. The van der Waals surface area contributed by atoms with Gasteiger partial charge in [-0.05, 0) is 31.3 Å². The van der Waals surface area contributed by atoms with Crippen molar-refractivity contribution >= 4 is 5.91 Å². The highest BCUT2D eigenvalue weighted by Gasteiger charge is 2.24. The van der Waals surface area contributed by atoms with E-state index in [4.69, 9.17) is 5.73 Å². The van der Waals surface area contributed by atoms with E-state index in [1.807, 2.05) is 0 Å². The van der Waals surface area contributed by atoms with E-state index in [1.54, 1.807) is 0 Å². The van der Waals surface area contributed by atoms with Gasteiger partial charge in [-0.25, -0.2) is 0 Å². The van der Waals surface area contributed by atoms with Gasteiger partial charge in [-0.1, -0.05) is 13.3 Å². The van der Waals surface area contributed by atoms with Crippen LogP contribution in [-0.4, -0.2) is 19.0 Å². The van der Waals surface area contributed by atoms with Crippen molar-refractivity contribution < 1.29 is 4.79 Å². The first-order valence-electron chi connectivity index (χ1n) is 4.73. The Morgan fingerprint density at radius 3 is 2.92 bits per heavy atom. The van der Waals surface area contributed by atoms with Gasteiger partial charge in [0.05, 0.1) is 0 Å². The molecule has 1 aliphatic rings. The van der Waals surface area contributed by atoms with Crippen LogP contribution in [0.2, 0.25) is 0 Å². The Labute approximate surface area is 73.7 Å². The van der Waals surface area contributed by atoms with Crippen LogP contribution in [0.1, 0.15) is 26.2 Å². The van der Waals surface area contributed by atoms with Gasteiger partial charge in [0.2, 0.25) is 5.91 Å². The molecule has 2 unspecified atom stereocenters. The average molecular weight is 170 g/mol. The predicted octanol–water partition coefficient (Wildman–Crippen LogP) is 0.498. The van der Waals surface area contributed by atoms with E-state index in [1.165, 1.54) is 6.42 Å². The summed E-state index contributed by atoms with van der Waals surface area (Å²) in [4.78, 5) is 10.7. The second-order valence-electron chi connectivity index (χ2n) is 3.59. The first-order chi connectivity index (χ1) is 5.74. The summed E-state index contributed by atoms with van der Waals surface area (Å²) in [6, 6.07) is 0. The van der Waals surface area contributed by atoms with Gasteiger partial charge in [0.15, 0.2) is 0 Å². The van der Waals surface area contributed by atoms with Gasteiger partial charge in [0, 0.05) is 6.42 Å². The SMILES string of the molecule is CCC(CC(N)=O)C1CCNC1. The second kappa shape index (κ2) is 4.45. The topological polar surface area (TPSA) is 55.1 Å². The van der Waals surface area contributed by atoms with Crippen LogP contribution in [0.3, 0.4) is 0 Å². The number of primary amides is 1. The maximum absolute atomic E-state index is 10.7. The molecule has 1 aliphatic heterocycles. The lowest BCUT2D eigenvalue weighted by molar-refractivity contribution is -0.119. The van der Waals surface area contributed by atoms with Crippen molar-refractivity contribution in [1.82, 2.24) is 5.32 Å². The fraction of sp³-hybridized carbons (Fsp3) is 0.889. The molecule has 1 rings (SSSR count). The number of rotatable bonds is 4. The summed E-state index contributed by atoms with van der Waals surface area (Å²) in [6.07, 6.45) is 2.82. The Morgan fingerprint density at radius 2 is 2.50 bits per heavy atom. The summed E-state index contributed by atoms with van der Waals surface area (Å²) in [5, 5.41) is 3.31. The molecule has 3 N–H and O–H groups in total. The zero-order chi connectivity index (χ0) is 8.97. The molecule has 1 heterocycles. The van der Waals surface area contributed by atoms with Gasteiger partial charge in [-0.3, -0.25) is 4.79 Å². The highest BCUT2D eigenvalue weighted by molar-refractivity contribution is 5.74. The molecule has 12 heavy (non-hydrogen) atoms. The third-order valence-electron chi connectivity index (χ3n) is 2.75. The quantitative estimate of drug-likeness (QED) is 0.645. The van der Waals surface area contributed by atoms with Crippen LogP contribution in [0, 0.1) is 11.8 Å². The van der Waals surface area contributed by atoms with Crippen LogP contribution in [0.15, 0.2) is 0 Å².